The molecule has 0 aliphatic carbocycles. The summed E-state index contributed by atoms with van der Waals surface area (Å²) in [4.78, 5) is 27.4. The Labute approximate surface area is 196 Å². The maximum atomic E-state index is 14.0. The van der Waals surface area contributed by atoms with E-state index in [1.54, 1.807) is 32.0 Å². The molecule has 0 radical (unpaired) electrons. The van der Waals surface area contributed by atoms with Crippen molar-refractivity contribution in [3.63, 3.8) is 0 Å². The summed E-state index contributed by atoms with van der Waals surface area (Å²) in [6, 6.07) is 10.6. The standard InChI is InChI=1S/C27H25F2NO4/c1-14-6-8-16(27(3,4)5)12-18(14)24(31)22-23(21-11-7-15(2)34-21)30(26(33)25(22)32)17-9-10-19(28)20(29)13-17/h6-13,23,31H,1-5H3/b24-22+. The molecule has 1 aliphatic rings. The van der Waals surface area contributed by atoms with Crippen LogP contribution >= 0.6 is 0 Å². The van der Waals surface area contributed by atoms with Crippen molar-refractivity contribution in [2.75, 3.05) is 4.90 Å². The highest BCUT2D eigenvalue weighted by molar-refractivity contribution is 6.51. The van der Waals surface area contributed by atoms with Crippen molar-refractivity contribution < 1.29 is 27.9 Å². The lowest BCUT2D eigenvalue weighted by Crippen LogP contribution is -2.29. The summed E-state index contributed by atoms with van der Waals surface area (Å²) in [6.07, 6.45) is 0. The average Bonchev–Trinajstić information content (AvgIpc) is 3.30. The molecule has 1 N–H and O–H groups in total. The van der Waals surface area contributed by atoms with Crippen molar-refractivity contribution in [2.45, 2.75) is 46.1 Å². The van der Waals surface area contributed by atoms with Crippen LogP contribution in [-0.2, 0) is 15.0 Å². The summed E-state index contributed by atoms with van der Waals surface area (Å²) >= 11 is 0. The van der Waals surface area contributed by atoms with Crippen molar-refractivity contribution in [2.24, 2.45) is 0 Å². The minimum atomic E-state index is -1.16. The number of anilines is 1. The topological polar surface area (TPSA) is 70.8 Å². The van der Waals surface area contributed by atoms with Gasteiger partial charge in [0.15, 0.2) is 11.6 Å². The summed E-state index contributed by atoms with van der Waals surface area (Å²) in [5, 5.41) is 11.4. The van der Waals surface area contributed by atoms with Gasteiger partial charge in [-0.3, -0.25) is 14.5 Å². The number of Topliss-reactive ketones (excluding diaryl/α,β-unsaturated/α-hetero) is 1. The van der Waals surface area contributed by atoms with Crippen molar-refractivity contribution in [3.8, 4) is 0 Å². The molecule has 2 heterocycles. The number of carbonyl (C=O) groups excluding carboxylic acids is 2. The van der Waals surface area contributed by atoms with Gasteiger partial charge in [-0.1, -0.05) is 32.9 Å². The van der Waals surface area contributed by atoms with Gasteiger partial charge in [-0.15, -0.1) is 0 Å². The summed E-state index contributed by atoms with van der Waals surface area (Å²) in [5.41, 5.74) is 1.61. The monoisotopic (exact) mass is 465 g/mol. The van der Waals surface area contributed by atoms with E-state index in [0.29, 0.717) is 16.9 Å². The van der Waals surface area contributed by atoms with Crippen LogP contribution in [0, 0.1) is 25.5 Å². The Morgan fingerprint density at radius 2 is 1.68 bits per heavy atom. The van der Waals surface area contributed by atoms with Crippen LogP contribution in [-0.4, -0.2) is 16.8 Å². The van der Waals surface area contributed by atoms with E-state index in [0.717, 1.165) is 22.6 Å². The van der Waals surface area contributed by atoms with Gasteiger partial charge in [0.25, 0.3) is 11.7 Å². The predicted octanol–water partition coefficient (Wildman–Crippen LogP) is 6.10. The number of halogens is 2. The molecule has 176 valence electrons. The number of furan rings is 1. The molecule has 1 amide bonds. The van der Waals surface area contributed by atoms with Gasteiger partial charge in [-0.2, -0.15) is 0 Å². The van der Waals surface area contributed by atoms with E-state index in [2.05, 4.69) is 0 Å². The number of benzene rings is 2. The third-order valence-electron chi connectivity index (χ3n) is 6.02. The molecule has 0 bridgehead atoms. The lowest BCUT2D eigenvalue weighted by Gasteiger charge is -2.24. The number of nitrogens with zero attached hydrogens (tertiary/aromatic N) is 1. The van der Waals surface area contributed by atoms with Gasteiger partial charge in [-0.25, -0.2) is 8.78 Å². The summed E-state index contributed by atoms with van der Waals surface area (Å²) in [6.45, 7) is 9.56. The van der Waals surface area contributed by atoms with E-state index < -0.39 is 29.4 Å². The van der Waals surface area contributed by atoms with Crippen molar-refractivity contribution in [1.82, 2.24) is 0 Å². The van der Waals surface area contributed by atoms with E-state index in [1.807, 2.05) is 32.9 Å². The molecule has 3 aromatic rings. The Bertz CT molecular complexity index is 1350. The first kappa shape index (κ1) is 23.4. The minimum absolute atomic E-state index is 0.0285. The highest BCUT2D eigenvalue weighted by Gasteiger charge is 2.48. The Hall–Kier alpha value is -3.74. The number of amides is 1. The number of rotatable bonds is 3. The van der Waals surface area contributed by atoms with Crippen molar-refractivity contribution in [1.29, 1.82) is 0 Å². The number of aryl methyl sites for hydroxylation is 2. The highest BCUT2D eigenvalue weighted by atomic mass is 19.2. The number of carbonyl (C=O) groups is 2. The fourth-order valence-corrected chi connectivity index (χ4v) is 4.09. The lowest BCUT2D eigenvalue weighted by molar-refractivity contribution is -0.132. The van der Waals surface area contributed by atoms with Gasteiger partial charge in [-0.05, 0) is 60.7 Å². The zero-order valence-corrected chi connectivity index (χ0v) is 19.6. The molecular weight excluding hydrogens is 440 g/mol. The summed E-state index contributed by atoms with van der Waals surface area (Å²) in [7, 11) is 0. The first-order valence-electron chi connectivity index (χ1n) is 10.8. The van der Waals surface area contributed by atoms with Crippen molar-refractivity contribution >= 4 is 23.1 Å². The van der Waals surface area contributed by atoms with Gasteiger partial charge in [0.1, 0.15) is 23.3 Å². The van der Waals surface area contributed by atoms with E-state index >= 15 is 0 Å². The smallest absolute Gasteiger partial charge is 0.300 e. The molecule has 0 spiro atoms. The number of aliphatic hydroxyl groups excluding tert-OH is 1. The fourth-order valence-electron chi connectivity index (χ4n) is 4.09. The Morgan fingerprint density at radius 3 is 2.26 bits per heavy atom. The van der Waals surface area contributed by atoms with Crippen LogP contribution in [0.5, 0.6) is 0 Å². The molecule has 34 heavy (non-hydrogen) atoms. The summed E-state index contributed by atoms with van der Waals surface area (Å²) in [5.74, 6) is -3.78. The maximum Gasteiger partial charge on any atom is 0.300 e. The number of ketones is 1. The van der Waals surface area contributed by atoms with Crippen LogP contribution in [0.4, 0.5) is 14.5 Å². The SMILES string of the molecule is Cc1ccc(C2/C(=C(\O)c3cc(C(C)(C)C)ccc3C)C(=O)C(=O)N2c2ccc(F)c(F)c2)o1. The zero-order chi connectivity index (χ0) is 24.9. The van der Waals surface area contributed by atoms with E-state index in [9.17, 15) is 23.5 Å². The average molecular weight is 465 g/mol. The van der Waals surface area contributed by atoms with Crippen LogP contribution in [0.1, 0.15) is 55.0 Å². The van der Waals surface area contributed by atoms with E-state index in [-0.39, 0.29) is 28.2 Å². The van der Waals surface area contributed by atoms with Gasteiger partial charge >= 0.3 is 0 Å². The Balaban J connectivity index is 1.97. The molecule has 1 fully saturated rings. The zero-order valence-electron chi connectivity index (χ0n) is 19.6. The molecule has 2 aromatic carbocycles. The quantitative estimate of drug-likeness (QED) is 0.288. The molecule has 1 aliphatic heterocycles. The maximum absolute atomic E-state index is 14.0. The van der Waals surface area contributed by atoms with E-state index in [4.69, 9.17) is 4.42 Å². The molecule has 1 saturated heterocycles. The molecular formula is C27H25F2NO4. The molecule has 1 aromatic heterocycles. The third-order valence-corrected chi connectivity index (χ3v) is 6.02. The van der Waals surface area contributed by atoms with Crippen molar-refractivity contribution in [3.05, 3.63) is 93.9 Å². The Kier molecular flexibility index (Phi) is 5.67. The highest BCUT2D eigenvalue weighted by Crippen LogP contribution is 2.43. The minimum Gasteiger partial charge on any atom is -0.507 e. The first-order chi connectivity index (χ1) is 15.9. The first-order valence-corrected chi connectivity index (χ1v) is 10.8. The Morgan fingerprint density at radius 1 is 0.971 bits per heavy atom. The molecule has 5 nitrogen and oxygen atoms in total. The normalized spacial score (nSPS) is 18.1. The van der Waals surface area contributed by atoms with Gasteiger partial charge in [0.05, 0.1) is 5.57 Å². The fraction of sp³-hybridized carbons (Fsp3) is 0.259. The number of hydrogen-bond donors (Lipinski definition) is 1. The number of hydrogen-bond acceptors (Lipinski definition) is 4. The van der Waals surface area contributed by atoms with Gasteiger partial charge < -0.3 is 9.52 Å². The second-order valence-electron chi connectivity index (χ2n) is 9.50. The van der Waals surface area contributed by atoms with Crippen LogP contribution in [0.2, 0.25) is 0 Å². The van der Waals surface area contributed by atoms with Crippen LogP contribution in [0.15, 0.2) is 58.5 Å². The third kappa shape index (κ3) is 3.91. The molecule has 4 rings (SSSR count). The molecule has 7 heteroatoms. The van der Waals surface area contributed by atoms with Gasteiger partial charge in [0.2, 0.25) is 0 Å². The second-order valence-corrected chi connectivity index (χ2v) is 9.50. The van der Waals surface area contributed by atoms with Gasteiger partial charge in [0, 0.05) is 17.3 Å². The van der Waals surface area contributed by atoms with Crippen LogP contribution in [0.3, 0.4) is 0 Å². The van der Waals surface area contributed by atoms with E-state index in [1.165, 1.54) is 6.07 Å². The lowest BCUT2D eigenvalue weighted by atomic mass is 9.84. The summed E-state index contributed by atoms with van der Waals surface area (Å²) < 4.78 is 33.3. The number of aliphatic hydroxyl groups is 1. The van der Waals surface area contributed by atoms with Crippen LogP contribution < -0.4 is 4.90 Å². The second kappa shape index (κ2) is 8.24. The molecule has 1 atom stereocenters. The van der Waals surface area contributed by atoms with Crippen LogP contribution in [0.25, 0.3) is 5.76 Å². The largest absolute Gasteiger partial charge is 0.507 e. The molecule has 1 unspecified atom stereocenters. The molecule has 0 saturated carbocycles. The predicted molar refractivity (Wildman–Crippen MR) is 124 cm³/mol.